The van der Waals surface area contributed by atoms with Crippen molar-refractivity contribution in [1.82, 2.24) is 4.90 Å². The van der Waals surface area contributed by atoms with Crippen molar-refractivity contribution in [2.45, 2.75) is 51.0 Å². The lowest BCUT2D eigenvalue weighted by Crippen LogP contribution is -2.43. The predicted molar refractivity (Wildman–Crippen MR) is 106 cm³/mol. The van der Waals surface area contributed by atoms with Crippen molar-refractivity contribution in [3.63, 3.8) is 0 Å². The molecule has 1 heterocycles. The Bertz CT molecular complexity index is 1020. The molecule has 1 aromatic carbocycles. The Morgan fingerprint density at radius 2 is 2.10 bits per heavy atom. The van der Waals surface area contributed by atoms with Gasteiger partial charge in [-0.3, -0.25) is 4.79 Å². The van der Waals surface area contributed by atoms with Crippen LogP contribution in [0, 0.1) is 17.2 Å². The summed E-state index contributed by atoms with van der Waals surface area (Å²) in [5, 5.41) is 9.26. The summed E-state index contributed by atoms with van der Waals surface area (Å²) in [5.41, 5.74) is 1.91. The van der Waals surface area contributed by atoms with Crippen LogP contribution in [-0.2, 0) is 9.53 Å². The second-order valence-electron chi connectivity index (χ2n) is 9.44. The molecule has 2 amide bonds. The van der Waals surface area contributed by atoms with Crippen LogP contribution < -0.4 is 4.74 Å². The molecule has 4 aliphatic rings. The van der Waals surface area contributed by atoms with Crippen LogP contribution in [-0.4, -0.2) is 47.2 Å². The van der Waals surface area contributed by atoms with E-state index in [1.165, 1.54) is 24.1 Å². The molecule has 1 aliphatic heterocycles. The maximum absolute atomic E-state index is 15.0. The lowest BCUT2D eigenvalue weighted by Gasteiger charge is -2.31. The number of carboxylic acids is 1. The van der Waals surface area contributed by atoms with Crippen molar-refractivity contribution in [3.05, 3.63) is 40.7 Å². The second-order valence-corrected chi connectivity index (χ2v) is 9.44. The molecule has 3 aliphatic carbocycles. The quantitative estimate of drug-likeness (QED) is 0.690. The van der Waals surface area contributed by atoms with Gasteiger partial charge in [-0.2, -0.15) is 0 Å². The van der Waals surface area contributed by atoms with E-state index in [9.17, 15) is 23.9 Å². The minimum atomic E-state index is -1.47. The van der Waals surface area contributed by atoms with Crippen LogP contribution in [0.25, 0.3) is 0 Å². The van der Waals surface area contributed by atoms with Crippen molar-refractivity contribution < 1.29 is 33.4 Å². The van der Waals surface area contributed by atoms with Crippen LogP contribution in [0.2, 0.25) is 0 Å². The number of fused-ring (bicyclic) bond motifs is 1. The predicted octanol–water partition coefficient (Wildman–Crippen LogP) is 3.87. The van der Waals surface area contributed by atoms with Gasteiger partial charge in [-0.15, -0.1) is 0 Å². The van der Waals surface area contributed by atoms with Gasteiger partial charge in [0.2, 0.25) is 0 Å². The molecular formula is C23H24FNO6. The number of ether oxygens (including phenoxy) is 2. The fourth-order valence-corrected chi connectivity index (χ4v) is 4.64. The van der Waals surface area contributed by atoms with Gasteiger partial charge in [0.15, 0.2) is 6.04 Å². The largest absolute Gasteiger partial charge is 0.493 e. The number of halogens is 1. The van der Waals surface area contributed by atoms with E-state index in [4.69, 9.17) is 9.47 Å². The number of benzene rings is 1. The average molecular weight is 429 g/mol. The molecule has 2 unspecified atom stereocenters. The Morgan fingerprint density at radius 3 is 2.77 bits per heavy atom. The van der Waals surface area contributed by atoms with Crippen molar-refractivity contribution in [1.29, 1.82) is 0 Å². The van der Waals surface area contributed by atoms with E-state index in [1.807, 2.05) is 0 Å². The highest BCUT2D eigenvalue weighted by Crippen LogP contribution is 2.52. The molecule has 0 aromatic heterocycles. The summed E-state index contributed by atoms with van der Waals surface area (Å²) in [4.78, 5) is 36.6. The molecule has 1 saturated heterocycles. The maximum atomic E-state index is 15.0. The number of imide groups is 1. The molecule has 0 radical (unpaired) electrons. The lowest BCUT2D eigenvalue weighted by molar-refractivity contribution is -0.140. The monoisotopic (exact) mass is 429 g/mol. The topological polar surface area (TPSA) is 93.1 Å². The Hall–Kier alpha value is -2.90. The average Bonchev–Trinajstić information content (AvgIpc) is 3.64. The first-order valence-electron chi connectivity index (χ1n) is 10.6. The molecule has 3 fully saturated rings. The van der Waals surface area contributed by atoms with Crippen molar-refractivity contribution in [2.75, 3.05) is 13.2 Å². The number of carbonyl (C=O) groups excluding carboxylic acids is 2. The minimum Gasteiger partial charge on any atom is -0.493 e. The first kappa shape index (κ1) is 20.0. The molecular weight excluding hydrogens is 405 g/mol. The number of carboxylic acid groups (broad SMARTS) is 1. The van der Waals surface area contributed by atoms with Crippen LogP contribution >= 0.6 is 0 Å². The maximum Gasteiger partial charge on any atom is 0.417 e. The second kappa shape index (κ2) is 7.07. The number of cyclic esters (lactones) is 1. The van der Waals surface area contributed by atoms with Gasteiger partial charge in [0, 0.05) is 11.5 Å². The molecule has 7 nitrogen and oxygen atoms in total. The molecule has 5 rings (SSSR count). The highest BCUT2D eigenvalue weighted by atomic mass is 19.1. The van der Waals surface area contributed by atoms with E-state index in [0.717, 1.165) is 31.2 Å². The summed E-state index contributed by atoms with van der Waals surface area (Å²) in [5.74, 6) is -1.99. The van der Waals surface area contributed by atoms with E-state index in [-0.39, 0.29) is 16.9 Å². The molecule has 1 N–H and O–H groups in total. The van der Waals surface area contributed by atoms with Gasteiger partial charge in [0.1, 0.15) is 18.2 Å². The van der Waals surface area contributed by atoms with Gasteiger partial charge >= 0.3 is 12.1 Å². The zero-order valence-corrected chi connectivity index (χ0v) is 17.2. The Morgan fingerprint density at radius 1 is 1.32 bits per heavy atom. The van der Waals surface area contributed by atoms with Gasteiger partial charge in [-0.25, -0.2) is 18.9 Å². The normalized spacial score (nSPS) is 29.2. The van der Waals surface area contributed by atoms with Crippen molar-refractivity contribution in [3.8, 4) is 5.75 Å². The van der Waals surface area contributed by atoms with Crippen LogP contribution in [0.1, 0.15) is 60.9 Å². The Labute approximate surface area is 178 Å². The number of hydrogen-bond acceptors (Lipinski definition) is 5. The van der Waals surface area contributed by atoms with Crippen LogP contribution in [0.3, 0.4) is 0 Å². The third-order valence-electron chi connectivity index (χ3n) is 6.74. The van der Waals surface area contributed by atoms with Crippen molar-refractivity contribution in [2.24, 2.45) is 11.3 Å². The van der Waals surface area contributed by atoms with Gasteiger partial charge in [0.05, 0.1) is 12.2 Å². The zero-order chi connectivity index (χ0) is 21.9. The molecule has 0 bridgehead atoms. The van der Waals surface area contributed by atoms with Gasteiger partial charge in [0.25, 0.3) is 5.91 Å². The molecule has 1 aromatic rings. The van der Waals surface area contributed by atoms with Crippen LogP contribution in [0.4, 0.5) is 9.18 Å². The van der Waals surface area contributed by atoms with Gasteiger partial charge in [-0.05, 0) is 55.6 Å². The fraction of sp³-hybridized carbons (Fsp3) is 0.522. The van der Waals surface area contributed by atoms with Crippen LogP contribution in [0.5, 0.6) is 5.75 Å². The lowest BCUT2D eigenvalue weighted by atomic mass is 9.79. The number of aliphatic carboxylic acids is 1. The number of nitrogens with zero attached hydrogens (tertiary/aromatic N) is 1. The molecule has 164 valence electrons. The molecule has 8 heteroatoms. The summed E-state index contributed by atoms with van der Waals surface area (Å²) in [6, 6.07) is 1.14. The van der Waals surface area contributed by atoms with Gasteiger partial charge in [-0.1, -0.05) is 18.6 Å². The third-order valence-corrected chi connectivity index (χ3v) is 6.74. The number of carbonyl (C=O) groups is 3. The molecule has 2 saturated carbocycles. The summed E-state index contributed by atoms with van der Waals surface area (Å²) >= 11 is 0. The zero-order valence-electron chi connectivity index (χ0n) is 17.2. The Kier molecular flexibility index (Phi) is 4.57. The van der Waals surface area contributed by atoms with E-state index in [0.29, 0.717) is 23.2 Å². The number of hydrogen-bond donors (Lipinski definition) is 1. The van der Waals surface area contributed by atoms with E-state index in [1.54, 1.807) is 0 Å². The summed E-state index contributed by atoms with van der Waals surface area (Å²) in [6.45, 7) is 2.18. The Balaban J connectivity index is 1.40. The standard InChI is InChI=1S/C23H24FNO6/c1-23(5-4-13-6-14(13)9-23)11-31-19-8-17(24)16(7-15(19)12-2-3-12)20(26)25-18(21(27)28)10-30-22(25)29/h4,7-8,12,14,18H,2-3,5-6,9-11H2,1H3,(H,27,28)/t14?,18-,23?/m0/s1. The summed E-state index contributed by atoms with van der Waals surface area (Å²) < 4.78 is 25.8. The first-order valence-corrected chi connectivity index (χ1v) is 10.6. The first-order chi connectivity index (χ1) is 14.8. The number of amides is 2. The van der Waals surface area contributed by atoms with E-state index < -0.39 is 36.4 Å². The van der Waals surface area contributed by atoms with E-state index in [2.05, 4.69) is 13.0 Å². The smallest absolute Gasteiger partial charge is 0.417 e. The van der Waals surface area contributed by atoms with Gasteiger partial charge < -0.3 is 14.6 Å². The number of rotatable bonds is 6. The molecule has 3 atom stereocenters. The summed E-state index contributed by atoms with van der Waals surface area (Å²) in [7, 11) is 0. The minimum absolute atomic E-state index is 0.00945. The SMILES string of the molecule is CC1(COc2cc(F)c(C(=O)N3C(=O)OC[C@H]3C(=O)O)cc2C2CC2)CC=C2CC2C1. The highest BCUT2D eigenvalue weighted by Gasteiger charge is 2.44. The van der Waals surface area contributed by atoms with Crippen LogP contribution in [0.15, 0.2) is 23.8 Å². The summed E-state index contributed by atoms with van der Waals surface area (Å²) in [6.07, 6.45) is 6.19. The molecule has 0 spiro atoms. The van der Waals surface area contributed by atoms with Crippen molar-refractivity contribution >= 4 is 18.0 Å². The highest BCUT2D eigenvalue weighted by molar-refractivity contribution is 6.06. The molecule has 31 heavy (non-hydrogen) atoms. The number of allylic oxidation sites excluding steroid dienone is 2. The fourth-order valence-electron chi connectivity index (χ4n) is 4.64. The van der Waals surface area contributed by atoms with E-state index >= 15 is 0 Å². The third kappa shape index (κ3) is 3.68.